The number of aliphatic carboxylic acids is 2. The normalized spacial score (nSPS) is 15.5. The Labute approximate surface area is 191 Å². The zero-order chi connectivity index (χ0) is 24.8. The van der Waals surface area contributed by atoms with Gasteiger partial charge < -0.3 is 42.7 Å². The van der Waals surface area contributed by atoms with E-state index in [4.69, 9.17) is 21.7 Å². The molecule has 0 spiro atoms. The number of thiol groups is 1. The topological polar surface area (TPSA) is 234 Å². The first-order chi connectivity index (χ1) is 14.9. The molecule has 5 unspecified atom stereocenters. The van der Waals surface area contributed by atoms with Crippen molar-refractivity contribution in [3.05, 3.63) is 0 Å². The highest BCUT2D eigenvalue weighted by Crippen LogP contribution is 2.04. The summed E-state index contributed by atoms with van der Waals surface area (Å²) < 4.78 is 0. The van der Waals surface area contributed by atoms with E-state index >= 15 is 0 Å². The first-order valence-electron chi connectivity index (χ1n) is 10.0. The summed E-state index contributed by atoms with van der Waals surface area (Å²) in [5, 5.41) is 34.3. The maximum Gasteiger partial charge on any atom is 0.328 e. The highest BCUT2D eigenvalue weighted by atomic mass is 32.1. The zero-order valence-corrected chi connectivity index (χ0v) is 18.7. The van der Waals surface area contributed by atoms with Crippen LogP contribution in [0.15, 0.2) is 0 Å². The predicted octanol–water partition coefficient (Wildman–Crippen LogP) is -2.84. The third-order valence-corrected chi connectivity index (χ3v) is 4.81. The molecular formula is C18H33N5O8S. The lowest BCUT2D eigenvalue weighted by atomic mass is 10.1. The minimum absolute atomic E-state index is 0.147. The van der Waals surface area contributed by atoms with Crippen LogP contribution in [0, 0.1) is 0 Å². The standard InChI is InChI=1S/C18H33N5O8S/c1-9(24)14(18(30)31)23-16(28)11(5-6-13(25)26)21-17(29)12(8-32)22-15(27)10(20)4-2-3-7-19/h9-12,14,24,32H,2-8,19-20H2,1H3,(H,21,29)(H,22,27)(H,23,28)(H,25,26)(H,30,31). The van der Waals surface area contributed by atoms with Gasteiger partial charge in [0.15, 0.2) is 6.04 Å². The molecule has 0 rings (SSSR count). The van der Waals surface area contributed by atoms with Gasteiger partial charge in [-0.05, 0) is 32.7 Å². The average molecular weight is 480 g/mol. The summed E-state index contributed by atoms with van der Waals surface area (Å²) in [6, 6.07) is -5.17. The van der Waals surface area contributed by atoms with Crippen molar-refractivity contribution in [1.82, 2.24) is 16.0 Å². The number of hydrogen-bond acceptors (Lipinski definition) is 9. The fourth-order valence-electron chi connectivity index (χ4n) is 2.56. The highest BCUT2D eigenvalue weighted by Gasteiger charge is 2.31. The van der Waals surface area contributed by atoms with Crippen LogP contribution in [-0.2, 0) is 24.0 Å². The zero-order valence-electron chi connectivity index (χ0n) is 17.8. The summed E-state index contributed by atoms with van der Waals surface area (Å²) in [4.78, 5) is 59.3. The van der Waals surface area contributed by atoms with Gasteiger partial charge in [-0.3, -0.25) is 19.2 Å². The van der Waals surface area contributed by atoms with Crippen molar-refractivity contribution in [2.45, 2.75) is 69.3 Å². The molecule has 0 aliphatic heterocycles. The summed E-state index contributed by atoms with van der Waals surface area (Å²) in [6.45, 7) is 1.60. The Hall–Kier alpha value is -2.42. The van der Waals surface area contributed by atoms with Crippen molar-refractivity contribution in [1.29, 1.82) is 0 Å². The van der Waals surface area contributed by atoms with Crippen LogP contribution in [0.4, 0.5) is 0 Å². The number of carboxylic acids is 2. The van der Waals surface area contributed by atoms with E-state index < -0.39 is 66.4 Å². The molecule has 0 fully saturated rings. The second kappa shape index (κ2) is 15.4. The number of hydrogen-bond donors (Lipinski definition) is 9. The molecule has 0 aromatic carbocycles. The number of rotatable bonds is 16. The van der Waals surface area contributed by atoms with Crippen molar-refractivity contribution in [2.24, 2.45) is 11.5 Å². The molecule has 14 heteroatoms. The molecule has 0 aromatic heterocycles. The van der Waals surface area contributed by atoms with E-state index in [2.05, 4.69) is 28.6 Å². The van der Waals surface area contributed by atoms with Gasteiger partial charge in [0.2, 0.25) is 17.7 Å². The smallest absolute Gasteiger partial charge is 0.328 e. The summed E-state index contributed by atoms with van der Waals surface area (Å²) in [6.07, 6.45) is -0.656. The molecule has 184 valence electrons. The molecule has 0 bridgehead atoms. The van der Waals surface area contributed by atoms with Crippen LogP contribution < -0.4 is 27.4 Å². The average Bonchev–Trinajstić information content (AvgIpc) is 2.71. The molecule has 0 saturated heterocycles. The Morgan fingerprint density at radius 3 is 1.94 bits per heavy atom. The minimum atomic E-state index is -1.67. The Kier molecular flexibility index (Phi) is 14.2. The number of amides is 3. The van der Waals surface area contributed by atoms with Crippen molar-refractivity contribution < 1.29 is 39.3 Å². The predicted molar refractivity (Wildman–Crippen MR) is 117 cm³/mol. The molecule has 3 amide bonds. The van der Waals surface area contributed by atoms with Crippen molar-refractivity contribution >= 4 is 42.3 Å². The van der Waals surface area contributed by atoms with Gasteiger partial charge in [0.05, 0.1) is 12.1 Å². The number of aliphatic hydroxyl groups excluding tert-OH is 1. The van der Waals surface area contributed by atoms with Gasteiger partial charge in [-0.15, -0.1) is 0 Å². The largest absolute Gasteiger partial charge is 0.481 e. The highest BCUT2D eigenvalue weighted by molar-refractivity contribution is 7.80. The van der Waals surface area contributed by atoms with E-state index in [1.165, 1.54) is 0 Å². The summed E-state index contributed by atoms with van der Waals surface area (Å²) >= 11 is 4.01. The molecule has 10 N–H and O–H groups in total. The fourth-order valence-corrected chi connectivity index (χ4v) is 2.82. The van der Waals surface area contributed by atoms with Crippen LogP contribution in [-0.4, -0.2) is 87.5 Å². The first kappa shape index (κ1) is 29.6. The van der Waals surface area contributed by atoms with Crippen LogP contribution in [0.3, 0.4) is 0 Å². The molecule has 0 heterocycles. The molecule has 13 nitrogen and oxygen atoms in total. The third kappa shape index (κ3) is 11.3. The van der Waals surface area contributed by atoms with Crippen molar-refractivity contribution in [3.63, 3.8) is 0 Å². The van der Waals surface area contributed by atoms with Crippen LogP contribution in [0.5, 0.6) is 0 Å². The number of nitrogens with one attached hydrogen (secondary N) is 3. The third-order valence-electron chi connectivity index (χ3n) is 4.45. The second-order valence-corrected chi connectivity index (χ2v) is 7.56. The molecule has 32 heavy (non-hydrogen) atoms. The maximum atomic E-state index is 12.6. The van der Waals surface area contributed by atoms with E-state index in [9.17, 15) is 29.1 Å². The Bertz CT molecular complexity index is 663. The van der Waals surface area contributed by atoms with E-state index in [0.717, 1.165) is 6.92 Å². The SMILES string of the molecule is CC(O)C(NC(=O)C(CCC(=O)O)NC(=O)C(CS)NC(=O)C(N)CCCCN)C(=O)O. The number of carboxylic acid groups (broad SMARTS) is 2. The van der Waals surface area contributed by atoms with E-state index in [1.54, 1.807) is 0 Å². The lowest BCUT2D eigenvalue weighted by molar-refractivity contribution is -0.145. The van der Waals surface area contributed by atoms with E-state index in [-0.39, 0.29) is 12.2 Å². The molecule has 0 saturated carbocycles. The molecule has 0 aromatic rings. The summed E-state index contributed by atoms with van der Waals surface area (Å²) in [7, 11) is 0. The van der Waals surface area contributed by atoms with Gasteiger partial charge in [-0.1, -0.05) is 6.42 Å². The maximum absolute atomic E-state index is 12.6. The quantitative estimate of drug-likeness (QED) is 0.0812. The second-order valence-electron chi connectivity index (χ2n) is 7.19. The molecule has 0 aliphatic carbocycles. The molecular weight excluding hydrogens is 446 g/mol. The first-order valence-corrected chi connectivity index (χ1v) is 10.7. The van der Waals surface area contributed by atoms with Gasteiger partial charge in [0, 0.05) is 12.2 Å². The Balaban J connectivity index is 5.23. The minimum Gasteiger partial charge on any atom is -0.481 e. The summed E-state index contributed by atoms with van der Waals surface area (Å²) in [5.41, 5.74) is 11.2. The van der Waals surface area contributed by atoms with E-state index in [1.807, 2.05) is 0 Å². The van der Waals surface area contributed by atoms with Crippen LogP contribution >= 0.6 is 12.6 Å². The Morgan fingerprint density at radius 1 is 0.906 bits per heavy atom. The van der Waals surface area contributed by atoms with Crippen LogP contribution in [0.25, 0.3) is 0 Å². The Morgan fingerprint density at radius 2 is 1.47 bits per heavy atom. The van der Waals surface area contributed by atoms with Crippen LogP contribution in [0.1, 0.15) is 39.0 Å². The number of unbranched alkanes of at least 4 members (excludes halogenated alkanes) is 1. The monoisotopic (exact) mass is 479 g/mol. The van der Waals surface area contributed by atoms with E-state index in [0.29, 0.717) is 25.8 Å². The van der Waals surface area contributed by atoms with Crippen LogP contribution in [0.2, 0.25) is 0 Å². The number of carbonyl (C=O) groups excluding carboxylic acids is 3. The van der Waals surface area contributed by atoms with Gasteiger partial charge in [0.25, 0.3) is 0 Å². The van der Waals surface area contributed by atoms with Gasteiger partial charge in [-0.2, -0.15) is 12.6 Å². The van der Waals surface area contributed by atoms with Crippen molar-refractivity contribution in [3.8, 4) is 0 Å². The lowest BCUT2D eigenvalue weighted by Gasteiger charge is -2.25. The van der Waals surface area contributed by atoms with Gasteiger partial charge in [-0.25, -0.2) is 4.79 Å². The van der Waals surface area contributed by atoms with Gasteiger partial charge in [0.1, 0.15) is 12.1 Å². The summed E-state index contributed by atoms with van der Waals surface area (Å²) in [5.74, 6) is -5.35. The molecule has 5 atom stereocenters. The molecule has 0 aliphatic rings. The molecule has 0 radical (unpaired) electrons. The number of carbonyl (C=O) groups is 5. The lowest BCUT2D eigenvalue weighted by Crippen LogP contribution is -2.58. The van der Waals surface area contributed by atoms with Crippen molar-refractivity contribution in [2.75, 3.05) is 12.3 Å². The number of aliphatic hydroxyl groups is 1. The van der Waals surface area contributed by atoms with Gasteiger partial charge >= 0.3 is 11.9 Å². The fraction of sp³-hybridized carbons (Fsp3) is 0.722. The number of nitrogens with two attached hydrogens (primary N) is 2.